The molecule has 0 bridgehead atoms. The second kappa shape index (κ2) is 7.74. The normalized spacial score (nSPS) is 13.6. The molecule has 3 heterocycles. The van der Waals surface area contributed by atoms with Crippen LogP contribution in [0.25, 0.3) is 5.78 Å². The molecule has 150 valence electrons. The number of carbonyl (C=O) groups is 2. The molecule has 29 heavy (non-hydrogen) atoms. The summed E-state index contributed by atoms with van der Waals surface area (Å²) in [5.74, 6) is 0.165. The van der Waals surface area contributed by atoms with E-state index in [0.717, 1.165) is 36.4 Å². The number of ether oxygens (including phenoxy) is 1. The lowest BCUT2D eigenvalue weighted by Crippen LogP contribution is -2.28. The van der Waals surface area contributed by atoms with Crippen molar-refractivity contribution in [1.82, 2.24) is 19.2 Å². The van der Waals surface area contributed by atoms with E-state index in [1.165, 1.54) is 11.5 Å². The summed E-state index contributed by atoms with van der Waals surface area (Å²) in [5.41, 5.74) is 0.438. The summed E-state index contributed by atoms with van der Waals surface area (Å²) in [4.78, 5) is 42.8. The molecule has 0 unspecified atom stereocenters. The van der Waals surface area contributed by atoms with Crippen LogP contribution in [0.2, 0.25) is 0 Å². The molecule has 10 heteroatoms. The molecule has 3 aromatic rings. The van der Waals surface area contributed by atoms with Crippen LogP contribution in [-0.4, -0.2) is 51.2 Å². The van der Waals surface area contributed by atoms with Gasteiger partial charge in [0.1, 0.15) is 12.4 Å². The van der Waals surface area contributed by atoms with Crippen LogP contribution in [0.1, 0.15) is 23.2 Å². The second-order valence-electron chi connectivity index (χ2n) is 6.71. The molecular weight excluding hydrogens is 376 g/mol. The van der Waals surface area contributed by atoms with E-state index in [9.17, 15) is 14.4 Å². The number of esters is 1. The summed E-state index contributed by atoms with van der Waals surface area (Å²) in [6.45, 7) is 1.62. The van der Waals surface area contributed by atoms with Gasteiger partial charge in [-0.15, -0.1) is 5.10 Å². The maximum Gasteiger partial charge on any atom is 0.352 e. The number of fused-ring (bicyclic) bond motifs is 1. The summed E-state index contributed by atoms with van der Waals surface area (Å²) in [5, 5.41) is 6.86. The van der Waals surface area contributed by atoms with Crippen LogP contribution >= 0.6 is 0 Å². The van der Waals surface area contributed by atoms with Gasteiger partial charge in [0.05, 0.1) is 12.7 Å². The number of nitrogens with one attached hydrogen (secondary N) is 1. The van der Waals surface area contributed by atoms with Crippen LogP contribution in [0.15, 0.2) is 41.3 Å². The highest BCUT2D eigenvalue weighted by Crippen LogP contribution is 2.17. The van der Waals surface area contributed by atoms with Crippen molar-refractivity contribution in [1.29, 1.82) is 0 Å². The van der Waals surface area contributed by atoms with Crippen LogP contribution < -0.4 is 15.9 Å². The van der Waals surface area contributed by atoms with Crippen LogP contribution in [0.3, 0.4) is 0 Å². The highest BCUT2D eigenvalue weighted by Gasteiger charge is 2.17. The third-order valence-electron chi connectivity index (χ3n) is 4.75. The van der Waals surface area contributed by atoms with Gasteiger partial charge in [0.15, 0.2) is 0 Å². The van der Waals surface area contributed by atoms with Crippen LogP contribution in [0.4, 0.5) is 11.5 Å². The molecular formula is C19H20N6O4. The third kappa shape index (κ3) is 3.82. The van der Waals surface area contributed by atoms with Gasteiger partial charge in [-0.2, -0.15) is 4.98 Å². The van der Waals surface area contributed by atoms with Crippen molar-refractivity contribution in [2.45, 2.75) is 19.4 Å². The van der Waals surface area contributed by atoms with Gasteiger partial charge in [0, 0.05) is 25.0 Å². The summed E-state index contributed by atoms with van der Waals surface area (Å²) in [7, 11) is 1.30. The highest BCUT2D eigenvalue weighted by molar-refractivity contribution is 5.92. The van der Waals surface area contributed by atoms with E-state index in [4.69, 9.17) is 0 Å². The first kappa shape index (κ1) is 18.7. The summed E-state index contributed by atoms with van der Waals surface area (Å²) in [6, 6.07) is 8.04. The molecule has 0 saturated carbocycles. The molecule has 0 radical (unpaired) electrons. The van der Waals surface area contributed by atoms with Gasteiger partial charge in [0.2, 0.25) is 5.91 Å². The highest BCUT2D eigenvalue weighted by atomic mass is 16.5. The zero-order chi connectivity index (χ0) is 20.4. The van der Waals surface area contributed by atoms with Crippen LogP contribution in [0, 0.1) is 0 Å². The first-order valence-electron chi connectivity index (χ1n) is 9.24. The van der Waals surface area contributed by atoms with Gasteiger partial charge in [-0.3, -0.25) is 4.79 Å². The molecule has 0 atom stereocenters. The molecule has 1 aliphatic rings. The molecule has 0 aliphatic carbocycles. The molecule has 1 fully saturated rings. The van der Waals surface area contributed by atoms with Gasteiger partial charge in [0.25, 0.3) is 5.78 Å². The minimum Gasteiger partial charge on any atom is -0.465 e. The van der Waals surface area contributed by atoms with Crippen LogP contribution in [0.5, 0.6) is 0 Å². The van der Waals surface area contributed by atoms with E-state index >= 15 is 0 Å². The predicted molar refractivity (Wildman–Crippen MR) is 105 cm³/mol. The average molecular weight is 396 g/mol. The van der Waals surface area contributed by atoms with E-state index < -0.39 is 17.6 Å². The van der Waals surface area contributed by atoms with E-state index in [1.54, 1.807) is 36.5 Å². The molecule has 1 aromatic carbocycles. The number of benzene rings is 1. The zero-order valence-corrected chi connectivity index (χ0v) is 15.9. The van der Waals surface area contributed by atoms with E-state index in [0.29, 0.717) is 11.3 Å². The average Bonchev–Trinajstić information content (AvgIpc) is 3.37. The Morgan fingerprint density at radius 3 is 2.55 bits per heavy atom. The van der Waals surface area contributed by atoms with Gasteiger partial charge in [-0.05, 0) is 43.2 Å². The molecule has 0 spiro atoms. The quantitative estimate of drug-likeness (QED) is 0.638. The SMILES string of the molecule is COC(=O)c1ccc(NC(=O)Cn2nc3nc(N4CCCC4)ccn3c2=O)cc1. The maximum atomic E-state index is 12.5. The number of carbonyl (C=O) groups excluding carboxylic acids is 2. The van der Waals surface area contributed by atoms with Crippen molar-refractivity contribution < 1.29 is 14.3 Å². The van der Waals surface area contributed by atoms with Gasteiger partial charge in [-0.25, -0.2) is 18.7 Å². The number of hydrogen-bond acceptors (Lipinski definition) is 7. The largest absolute Gasteiger partial charge is 0.465 e. The Hall–Kier alpha value is -3.69. The number of nitrogens with zero attached hydrogens (tertiary/aromatic N) is 5. The number of amides is 1. The lowest BCUT2D eigenvalue weighted by Gasteiger charge is -2.15. The van der Waals surface area contributed by atoms with E-state index in [-0.39, 0.29) is 12.3 Å². The Kier molecular flexibility index (Phi) is 4.98. The smallest absolute Gasteiger partial charge is 0.352 e. The lowest BCUT2D eigenvalue weighted by molar-refractivity contribution is -0.117. The summed E-state index contributed by atoms with van der Waals surface area (Å²) >= 11 is 0. The predicted octanol–water partition coefficient (Wildman–Crippen LogP) is 0.916. The minimum absolute atomic E-state index is 0.250. The molecule has 2 aromatic heterocycles. The number of hydrogen-bond donors (Lipinski definition) is 1. The Labute approximate surface area is 165 Å². The maximum absolute atomic E-state index is 12.5. The van der Waals surface area contributed by atoms with Gasteiger partial charge >= 0.3 is 11.7 Å². The fraction of sp³-hybridized carbons (Fsp3) is 0.316. The topological polar surface area (TPSA) is 111 Å². The number of anilines is 2. The minimum atomic E-state index is -0.458. The Morgan fingerprint density at radius 2 is 1.86 bits per heavy atom. The number of rotatable bonds is 5. The van der Waals surface area contributed by atoms with Crippen LogP contribution in [-0.2, 0) is 16.1 Å². The number of aromatic nitrogens is 4. The Balaban J connectivity index is 1.48. The van der Waals surface area contributed by atoms with Crippen molar-refractivity contribution in [3.8, 4) is 0 Å². The van der Waals surface area contributed by atoms with E-state index in [1.807, 2.05) is 0 Å². The second-order valence-corrected chi connectivity index (χ2v) is 6.71. The van der Waals surface area contributed by atoms with Crippen molar-refractivity contribution in [2.24, 2.45) is 0 Å². The Morgan fingerprint density at radius 1 is 1.14 bits per heavy atom. The zero-order valence-electron chi connectivity index (χ0n) is 15.9. The molecule has 1 N–H and O–H groups in total. The molecule has 1 saturated heterocycles. The molecule has 1 amide bonds. The molecule has 10 nitrogen and oxygen atoms in total. The lowest BCUT2D eigenvalue weighted by atomic mass is 10.2. The third-order valence-corrected chi connectivity index (χ3v) is 4.75. The van der Waals surface area contributed by atoms with Crippen molar-refractivity contribution in [2.75, 3.05) is 30.4 Å². The first-order valence-corrected chi connectivity index (χ1v) is 9.24. The molecule has 1 aliphatic heterocycles. The molecule has 4 rings (SSSR count). The fourth-order valence-corrected chi connectivity index (χ4v) is 3.27. The van der Waals surface area contributed by atoms with Gasteiger partial charge in [-0.1, -0.05) is 0 Å². The Bertz CT molecular complexity index is 1110. The van der Waals surface area contributed by atoms with E-state index in [2.05, 4.69) is 25.0 Å². The summed E-state index contributed by atoms with van der Waals surface area (Å²) < 4.78 is 7.03. The van der Waals surface area contributed by atoms with Crippen molar-refractivity contribution >= 4 is 29.2 Å². The summed E-state index contributed by atoms with van der Waals surface area (Å²) in [6.07, 6.45) is 3.87. The van der Waals surface area contributed by atoms with Crippen molar-refractivity contribution in [3.63, 3.8) is 0 Å². The monoisotopic (exact) mass is 396 g/mol. The fourth-order valence-electron chi connectivity index (χ4n) is 3.27. The van der Waals surface area contributed by atoms with Crippen molar-refractivity contribution in [3.05, 3.63) is 52.6 Å². The first-order chi connectivity index (χ1) is 14.0. The van der Waals surface area contributed by atoms with Gasteiger partial charge < -0.3 is 15.0 Å². The number of methoxy groups -OCH3 is 1. The standard InChI is InChI=1S/C19H20N6O4/c1-29-17(27)13-4-6-14(7-5-13)20-16(26)12-25-19(28)24-11-8-15(21-18(24)22-25)23-9-2-3-10-23/h4-8,11H,2-3,9-10,12H2,1H3,(H,20,26).